The quantitative estimate of drug-likeness (QED) is 0.266. The predicted octanol–water partition coefficient (Wildman–Crippen LogP) is 6.96. The normalized spacial score (nSPS) is 10.3. The average molecular weight is 392 g/mol. The molecule has 0 atom stereocenters. The number of hydrogen-bond acceptors (Lipinski definition) is 1. The van der Waals surface area contributed by atoms with Gasteiger partial charge in [0.1, 0.15) is 0 Å². The Bertz CT molecular complexity index is 234. The lowest BCUT2D eigenvalue weighted by Gasteiger charge is -2.04. The molecule has 0 unspecified atom stereocenters. The largest absolute Gasteiger partial charge is 0.356 e. The zero-order chi connectivity index (χ0) is 16.3. The van der Waals surface area contributed by atoms with Crippen molar-refractivity contribution in [3.8, 4) is 0 Å². The van der Waals surface area contributed by atoms with E-state index < -0.39 is 0 Å². The van der Waals surface area contributed by atoms with Gasteiger partial charge in [0.15, 0.2) is 0 Å². The van der Waals surface area contributed by atoms with Gasteiger partial charge in [0.05, 0.1) is 0 Å². The van der Waals surface area contributed by atoms with Crippen molar-refractivity contribution >= 4 is 22.9 Å². The van der Waals surface area contributed by atoms with E-state index in [0.717, 1.165) is 13.0 Å². The number of halogens is 1. The first-order chi connectivity index (χ1) is 10.8. The maximum absolute atomic E-state index is 11.3. The fourth-order valence-electron chi connectivity index (χ4n) is 2.94. The number of carbonyl (C=O) groups is 1. The molecule has 0 saturated carbocycles. The van der Waals surface area contributed by atoms with Crippen LogP contribution in [-0.2, 0) is 4.79 Å². The van der Waals surface area contributed by atoms with Gasteiger partial charge in [-0.25, -0.2) is 0 Å². The van der Waals surface area contributed by atoms with Crippen LogP contribution in [0.1, 0.15) is 117 Å². The van der Waals surface area contributed by atoms with Gasteiger partial charge < -0.3 is 5.32 Å². The summed E-state index contributed by atoms with van der Waals surface area (Å²) >= 11 is 0. The summed E-state index contributed by atoms with van der Waals surface area (Å²) in [7, 11) is 0. The average Bonchev–Trinajstić information content (AvgIpc) is 2.51. The minimum atomic E-state index is 0. The first kappa shape index (κ1) is 25.2. The molecule has 0 rings (SSSR count). The lowest BCUT2D eigenvalue weighted by atomic mass is 10.0. The molecule has 0 aromatic carbocycles. The molecule has 140 valence electrons. The fraction of sp³-hybridized carbons (Fsp3) is 0.950. The van der Waals surface area contributed by atoms with Crippen LogP contribution in [0.4, 0.5) is 0 Å². The van der Waals surface area contributed by atoms with Crippen molar-refractivity contribution in [2.75, 3.05) is 6.54 Å². The molecule has 0 radical (unpaired) electrons. The summed E-state index contributed by atoms with van der Waals surface area (Å²) in [6.07, 6.45) is 21.3. The second-order valence-corrected chi connectivity index (χ2v) is 6.65. The SMILES string of the molecule is Br.CCCCCCCCCCCCCCCCCC(=O)NCC. The van der Waals surface area contributed by atoms with Gasteiger partial charge in [0, 0.05) is 13.0 Å². The zero-order valence-corrected chi connectivity index (χ0v) is 17.6. The first-order valence-electron chi connectivity index (χ1n) is 10.1. The molecule has 1 amide bonds. The van der Waals surface area contributed by atoms with Crippen LogP contribution in [-0.4, -0.2) is 12.5 Å². The lowest BCUT2D eigenvalue weighted by Crippen LogP contribution is -2.21. The molecule has 23 heavy (non-hydrogen) atoms. The number of rotatable bonds is 17. The number of nitrogens with one attached hydrogen (secondary N) is 1. The third-order valence-electron chi connectivity index (χ3n) is 4.38. The van der Waals surface area contributed by atoms with Crippen molar-refractivity contribution in [1.29, 1.82) is 0 Å². The molecule has 0 aromatic rings. The summed E-state index contributed by atoms with van der Waals surface area (Å²) in [4.78, 5) is 11.3. The van der Waals surface area contributed by atoms with Crippen LogP contribution in [0.15, 0.2) is 0 Å². The van der Waals surface area contributed by atoms with Gasteiger partial charge >= 0.3 is 0 Å². The molecule has 3 heteroatoms. The number of unbranched alkanes of at least 4 members (excludes halogenated alkanes) is 14. The van der Waals surface area contributed by atoms with Gasteiger partial charge in [0.2, 0.25) is 5.91 Å². The lowest BCUT2D eigenvalue weighted by molar-refractivity contribution is -0.121. The van der Waals surface area contributed by atoms with E-state index in [0.29, 0.717) is 6.42 Å². The summed E-state index contributed by atoms with van der Waals surface area (Å²) in [5.74, 6) is 0.220. The summed E-state index contributed by atoms with van der Waals surface area (Å²) in [6, 6.07) is 0. The molecule has 0 spiro atoms. The number of carbonyl (C=O) groups excluding carboxylic acids is 1. The Morgan fingerprint density at radius 3 is 1.30 bits per heavy atom. The van der Waals surface area contributed by atoms with Crippen molar-refractivity contribution in [3.63, 3.8) is 0 Å². The van der Waals surface area contributed by atoms with Crippen LogP contribution in [0, 0.1) is 0 Å². The zero-order valence-electron chi connectivity index (χ0n) is 15.8. The molecule has 2 nitrogen and oxygen atoms in total. The van der Waals surface area contributed by atoms with Crippen LogP contribution in [0.3, 0.4) is 0 Å². The predicted molar refractivity (Wildman–Crippen MR) is 109 cm³/mol. The van der Waals surface area contributed by atoms with Gasteiger partial charge in [-0.1, -0.05) is 96.8 Å². The summed E-state index contributed by atoms with van der Waals surface area (Å²) < 4.78 is 0. The van der Waals surface area contributed by atoms with E-state index in [1.807, 2.05) is 6.92 Å². The van der Waals surface area contributed by atoms with E-state index >= 15 is 0 Å². The number of hydrogen-bond donors (Lipinski definition) is 1. The van der Waals surface area contributed by atoms with E-state index in [1.54, 1.807) is 0 Å². The first-order valence-corrected chi connectivity index (χ1v) is 10.1. The van der Waals surface area contributed by atoms with Gasteiger partial charge in [-0.15, -0.1) is 17.0 Å². The van der Waals surface area contributed by atoms with Crippen LogP contribution in [0.5, 0.6) is 0 Å². The van der Waals surface area contributed by atoms with Crippen molar-refractivity contribution in [2.45, 2.75) is 117 Å². The Hall–Kier alpha value is -0.0500. The molecule has 0 saturated heterocycles. The highest BCUT2D eigenvalue weighted by atomic mass is 79.9. The maximum Gasteiger partial charge on any atom is 0.219 e. The van der Waals surface area contributed by atoms with E-state index in [9.17, 15) is 4.79 Å². The highest BCUT2D eigenvalue weighted by Gasteiger charge is 1.98. The second-order valence-electron chi connectivity index (χ2n) is 6.65. The van der Waals surface area contributed by atoms with Crippen molar-refractivity contribution in [3.05, 3.63) is 0 Å². The molecular formula is C20H42BrNO. The second kappa shape index (κ2) is 21.9. The van der Waals surface area contributed by atoms with Crippen molar-refractivity contribution in [1.82, 2.24) is 5.32 Å². The van der Waals surface area contributed by atoms with E-state index in [4.69, 9.17) is 0 Å². The van der Waals surface area contributed by atoms with E-state index in [-0.39, 0.29) is 22.9 Å². The summed E-state index contributed by atoms with van der Waals surface area (Å²) in [5.41, 5.74) is 0. The Morgan fingerprint density at radius 1 is 0.609 bits per heavy atom. The van der Waals surface area contributed by atoms with E-state index in [1.165, 1.54) is 89.9 Å². The van der Waals surface area contributed by atoms with Crippen LogP contribution in [0.2, 0.25) is 0 Å². The highest BCUT2D eigenvalue weighted by molar-refractivity contribution is 8.93. The van der Waals surface area contributed by atoms with Crippen molar-refractivity contribution < 1.29 is 4.79 Å². The fourth-order valence-corrected chi connectivity index (χ4v) is 2.94. The topological polar surface area (TPSA) is 29.1 Å². The molecule has 0 aromatic heterocycles. The number of amides is 1. The molecule has 0 aliphatic heterocycles. The summed E-state index contributed by atoms with van der Waals surface area (Å²) in [5, 5.41) is 2.86. The van der Waals surface area contributed by atoms with Crippen LogP contribution in [0.25, 0.3) is 0 Å². The third kappa shape index (κ3) is 21.9. The third-order valence-corrected chi connectivity index (χ3v) is 4.38. The van der Waals surface area contributed by atoms with E-state index in [2.05, 4.69) is 12.2 Å². The van der Waals surface area contributed by atoms with Gasteiger partial charge in [-0.05, 0) is 13.3 Å². The Labute approximate surface area is 156 Å². The van der Waals surface area contributed by atoms with Gasteiger partial charge in [0.25, 0.3) is 0 Å². The Kier molecular flexibility index (Phi) is 24.0. The molecule has 0 aliphatic rings. The minimum Gasteiger partial charge on any atom is -0.356 e. The molecule has 1 N–H and O–H groups in total. The smallest absolute Gasteiger partial charge is 0.219 e. The summed E-state index contributed by atoms with van der Waals surface area (Å²) in [6.45, 7) is 5.02. The Balaban J connectivity index is 0. The molecular weight excluding hydrogens is 350 g/mol. The molecule has 0 bridgehead atoms. The monoisotopic (exact) mass is 391 g/mol. The van der Waals surface area contributed by atoms with Crippen LogP contribution >= 0.6 is 17.0 Å². The maximum atomic E-state index is 11.3. The van der Waals surface area contributed by atoms with Gasteiger partial charge in [-0.2, -0.15) is 0 Å². The Morgan fingerprint density at radius 2 is 0.957 bits per heavy atom. The molecule has 0 aliphatic carbocycles. The van der Waals surface area contributed by atoms with Crippen molar-refractivity contribution in [2.24, 2.45) is 0 Å². The molecule has 0 fully saturated rings. The highest BCUT2D eigenvalue weighted by Crippen LogP contribution is 2.13. The standard InChI is InChI=1S/C20H41NO.BrH/c1-3-5-6-7-8-9-10-11-12-13-14-15-16-17-18-19-20(22)21-4-2;/h3-19H2,1-2H3,(H,21,22);1H. The molecule has 0 heterocycles. The van der Waals surface area contributed by atoms with Gasteiger partial charge in [-0.3, -0.25) is 4.79 Å². The minimum absolute atomic E-state index is 0. The van der Waals surface area contributed by atoms with Crippen LogP contribution < -0.4 is 5.32 Å².